The highest BCUT2D eigenvalue weighted by Gasteiger charge is 2.40. The molecule has 1 aliphatic carbocycles. The first-order chi connectivity index (χ1) is 5.31. The van der Waals surface area contributed by atoms with Crippen molar-refractivity contribution in [2.45, 2.75) is 19.8 Å². The Bertz CT molecular complexity index is 164. The van der Waals surface area contributed by atoms with Gasteiger partial charge in [0, 0.05) is 13.1 Å². The third-order valence-electron chi connectivity index (χ3n) is 3.49. The van der Waals surface area contributed by atoms with Crippen molar-refractivity contribution in [2.24, 2.45) is 17.8 Å². The third kappa shape index (κ3) is 1.07. The van der Waals surface area contributed by atoms with Crippen LogP contribution in [0.3, 0.4) is 0 Å². The van der Waals surface area contributed by atoms with E-state index in [-0.39, 0.29) is 0 Å². The maximum absolute atomic E-state index is 3.81. The van der Waals surface area contributed by atoms with Gasteiger partial charge in [0.25, 0.3) is 0 Å². The Kier molecular flexibility index (Phi) is 1.67. The van der Waals surface area contributed by atoms with E-state index in [4.69, 9.17) is 0 Å². The molecule has 11 heavy (non-hydrogen) atoms. The van der Waals surface area contributed by atoms with Gasteiger partial charge in [-0.25, -0.2) is 0 Å². The van der Waals surface area contributed by atoms with E-state index in [0.717, 1.165) is 17.8 Å². The van der Waals surface area contributed by atoms with Gasteiger partial charge in [-0.05, 0) is 36.8 Å². The van der Waals surface area contributed by atoms with Crippen LogP contribution >= 0.6 is 0 Å². The van der Waals surface area contributed by atoms with Crippen molar-refractivity contribution in [2.75, 3.05) is 13.1 Å². The molecular formula is C10H17N. The van der Waals surface area contributed by atoms with Crippen LogP contribution in [0.4, 0.5) is 0 Å². The third-order valence-corrected chi connectivity index (χ3v) is 3.49. The summed E-state index contributed by atoms with van der Waals surface area (Å²) in [5, 5.41) is 0. The van der Waals surface area contributed by atoms with Gasteiger partial charge < -0.3 is 4.90 Å². The zero-order chi connectivity index (χ0) is 7.84. The predicted octanol–water partition coefficient (Wildman–Crippen LogP) is 2.11. The molecule has 1 saturated heterocycles. The van der Waals surface area contributed by atoms with E-state index in [2.05, 4.69) is 18.4 Å². The van der Waals surface area contributed by atoms with Crippen molar-refractivity contribution in [1.29, 1.82) is 0 Å². The number of hydrogen-bond donors (Lipinski definition) is 0. The molecule has 0 aromatic heterocycles. The number of fused-ring (bicyclic) bond motifs is 1. The lowest BCUT2D eigenvalue weighted by molar-refractivity contribution is 0.0134. The van der Waals surface area contributed by atoms with E-state index in [1.165, 1.54) is 25.9 Å². The highest BCUT2D eigenvalue weighted by molar-refractivity contribution is 4.94. The van der Waals surface area contributed by atoms with E-state index >= 15 is 0 Å². The molecule has 2 fully saturated rings. The van der Waals surface area contributed by atoms with E-state index < -0.39 is 0 Å². The first kappa shape index (κ1) is 7.20. The molecule has 0 aromatic carbocycles. The molecule has 2 aliphatic rings. The Morgan fingerprint density at radius 1 is 1.55 bits per heavy atom. The van der Waals surface area contributed by atoms with Gasteiger partial charge in [-0.2, -0.15) is 0 Å². The van der Waals surface area contributed by atoms with Gasteiger partial charge in [-0.1, -0.05) is 13.5 Å². The second-order valence-electron chi connectivity index (χ2n) is 4.10. The summed E-state index contributed by atoms with van der Waals surface area (Å²) in [5.74, 6) is 3.05. The second-order valence-corrected chi connectivity index (χ2v) is 4.10. The Hall–Kier alpha value is -0.460. The first-order valence-electron chi connectivity index (χ1n) is 4.68. The van der Waals surface area contributed by atoms with E-state index in [1.807, 2.05) is 6.20 Å². The number of piperidine rings is 1. The number of rotatable bonds is 1. The fourth-order valence-corrected chi connectivity index (χ4v) is 2.70. The normalized spacial score (nSPS) is 42.6. The van der Waals surface area contributed by atoms with Crippen molar-refractivity contribution < 1.29 is 0 Å². The lowest BCUT2D eigenvalue weighted by Crippen LogP contribution is -2.47. The molecule has 2 rings (SSSR count). The summed E-state index contributed by atoms with van der Waals surface area (Å²) in [6.45, 7) is 8.73. The summed E-state index contributed by atoms with van der Waals surface area (Å²) in [6, 6.07) is 0. The minimum absolute atomic E-state index is 0.997. The molecule has 0 aromatic rings. The monoisotopic (exact) mass is 151 g/mol. The molecule has 0 N–H and O–H groups in total. The molecule has 0 spiro atoms. The fraction of sp³-hybridized carbons (Fsp3) is 0.800. The lowest BCUT2D eigenvalue weighted by atomic mass is 9.62. The molecular weight excluding hydrogens is 134 g/mol. The molecule has 1 saturated carbocycles. The maximum atomic E-state index is 3.81. The van der Waals surface area contributed by atoms with Gasteiger partial charge in [-0.3, -0.25) is 0 Å². The molecule has 1 aliphatic heterocycles. The average Bonchev–Trinajstić information content (AvgIpc) is 2.02. The van der Waals surface area contributed by atoms with Crippen LogP contribution in [0.5, 0.6) is 0 Å². The highest BCUT2D eigenvalue weighted by Crippen LogP contribution is 2.45. The second kappa shape index (κ2) is 2.54. The minimum Gasteiger partial charge on any atom is -0.378 e. The molecule has 1 nitrogen and oxygen atoms in total. The standard InChI is InChI=1S/C10H17N/c1-3-11-5-4-10-8(2)6-9(10)7-11/h3,8-10H,1,4-7H2,2H3/t8?,9-,10?/m0/s1. The maximum Gasteiger partial charge on any atom is 0.0203 e. The topological polar surface area (TPSA) is 3.24 Å². The Morgan fingerprint density at radius 2 is 2.36 bits per heavy atom. The lowest BCUT2D eigenvalue weighted by Gasteiger charge is -2.49. The zero-order valence-corrected chi connectivity index (χ0v) is 7.29. The fourth-order valence-electron chi connectivity index (χ4n) is 2.70. The van der Waals surface area contributed by atoms with Crippen molar-refractivity contribution in [3.63, 3.8) is 0 Å². The molecule has 1 heterocycles. The van der Waals surface area contributed by atoms with Gasteiger partial charge >= 0.3 is 0 Å². The molecule has 0 radical (unpaired) electrons. The van der Waals surface area contributed by atoms with Crippen molar-refractivity contribution in [1.82, 2.24) is 4.90 Å². The summed E-state index contributed by atoms with van der Waals surface area (Å²) in [7, 11) is 0. The Labute approximate surface area is 69.1 Å². The van der Waals surface area contributed by atoms with E-state index in [1.54, 1.807) is 0 Å². The van der Waals surface area contributed by atoms with Crippen LogP contribution in [0.2, 0.25) is 0 Å². The quantitative estimate of drug-likeness (QED) is 0.555. The number of likely N-dealkylation sites (tertiary alicyclic amines) is 1. The first-order valence-corrected chi connectivity index (χ1v) is 4.68. The van der Waals surface area contributed by atoms with E-state index in [0.29, 0.717) is 0 Å². The van der Waals surface area contributed by atoms with Crippen LogP contribution in [-0.2, 0) is 0 Å². The smallest absolute Gasteiger partial charge is 0.0203 e. The van der Waals surface area contributed by atoms with Crippen LogP contribution in [-0.4, -0.2) is 18.0 Å². The molecule has 62 valence electrons. The SMILES string of the molecule is C=CN1CCC2C(C)C[C@H]2C1. The van der Waals surface area contributed by atoms with Crippen LogP contribution in [0.1, 0.15) is 19.8 Å². The van der Waals surface area contributed by atoms with Crippen molar-refractivity contribution in [3.05, 3.63) is 12.8 Å². The minimum atomic E-state index is 0.997. The van der Waals surface area contributed by atoms with Gasteiger partial charge in [0.2, 0.25) is 0 Å². The van der Waals surface area contributed by atoms with Gasteiger partial charge in [-0.15, -0.1) is 0 Å². The Balaban J connectivity index is 1.92. The van der Waals surface area contributed by atoms with Crippen molar-refractivity contribution in [3.8, 4) is 0 Å². The number of hydrogen-bond acceptors (Lipinski definition) is 1. The van der Waals surface area contributed by atoms with Gasteiger partial charge in [0.05, 0.1) is 0 Å². The van der Waals surface area contributed by atoms with Crippen LogP contribution in [0.25, 0.3) is 0 Å². The summed E-state index contributed by atoms with van der Waals surface area (Å²) in [6.07, 6.45) is 4.85. The van der Waals surface area contributed by atoms with E-state index in [9.17, 15) is 0 Å². The zero-order valence-electron chi connectivity index (χ0n) is 7.29. The van der Waals surface area contributed by atoms with Crippen LogP contribution in [0, 0.1) is 17.8 Å². The van der Waals surface area contributed by atoms with Gasteiger partial charge in [0.15, 0.2) is 0 Å². The molecule has 3 atom stereocenters. The summed E-state index contributed by atoms with van der Waals surface area (Å²) in [4.78, 5) is 2.37. The predicted molar refractivity (Wildman–Crippen MR) is 47.1 cm³/mol. The van der Waals surface area contributed by atoms with Crippen LogP contribution < -0.4 is 0 Å². The average molecular weight is 151 g/mol. The molecule has 1 heteroatoms. The van der Waals surface area contributed by atoms with Gasteiger partial charge in [0.1, 0.15) is 0 Å². The van der Waals surface area contributed by atoms with Crippen LogP contribution in [0.15, 0.2) is 12.8 Å². The molecule has 0 amide bonds. The number of nitrogens with zero attached hydrogens (tertiary/aromatic N) is 1. The summed E-state index contributed by atoms with van der Waals surface area (Å²) in [5.41, 5.74) is 0. The highest BCUT2D eigenvalue weighted by atomic mass is 15.1. The summed E-state index contributed by atoms with van der Waals surface area (Å²) < 4.78 is 0. The molecule has 2 unspecified atom stereocenters. The van der Waals surface area contributed by atoms with Crippen molar-refractivity contribution >= 4 is 0 Å². The molecule has 0 bridgehead atoms. The Morgan fingerprint density at radius 3 is 2.91 bits per heavy atom. The summed E-state index contributed by atoms with van der Waals surface area (Å²) >= 11 is 0. The largest absolute Gasteiger partial charge is 0.378 e.